The summed E-state index contributed by atoms with van der Waals surface area (Å²) in [7, 11) is 0. The number of ether oxygens (including phenoxy) is 1. The summed E-state index contributed by atoms with van der Waals surface area (Å²) in [6, 6.07) is 23.8. The van der Waals surface area contributed by atoms with Crippen LogP contribution in [0.4, 0.5) is 5.69 Å². The van der Waals surface area contributed by atoms with E-state index in [0.29, 0.717) is 23.4 Å². The van der Waals surface area contributed by atoms with E-state index in [4.69, 9.17) is 16.2 Å². The number of anilines is 1. The Morgan fingerprint density at radius 2 is 1.55 bits per heavy atom. The number of benzene rings is 4. The Balaban J connectivity index is 1.51. The van der Waals surface area contributed by atoms with Gasteiger partial charge in [0.05, 0.1) is 18.2 Å². The summed E-state index contributed by atoms with van der Waals surface area (Å²) in [6.45, 7) is -0.248. The first-order valence-electron chi connectivity index (χ1n) is 11.9. The first kappa shape index (κ1) is 26.2. The standard InChI is InChI=1S/C29H28N4O5/c30-24(13-18-9-11-22(34)12-10-18)29(37)33-25-8-4-3-7-21(25)17-38-26-15-20-6-2-1-5-19(20)14-23(26)28(36)32-16-27(31)35/h1-12,14-15,24,34H,13,16-17,30H2,(H2,31,35)(H,32,36)(H,33,37)/t24-/m0/s1. The highest BCUT2D eigenvalue weighted by Crippen LogP contribution is 2.28. The summed E-state index contributed by atoms with van der Waals surface area (Å²) in [5, 5.41) is 16.5. The third-order valence-electron chi connectivity index (χ3n) is 5.90. The minimum absolute atomic E-state index is 0.0537. The molecule has 0 radical (unpaired) electrons. The van der Waals surface area contributed by atoms with E-state index in [2.05, 4.69) is 10.6 Å². The number of fused-ring (bicyclic) bond motifs is 1. The summed E-state index contributed by atoms with van der Waals surface area (Å²) >= 11 is 0. The van der Waals surface area contributed by atoms with Crippen LogP contribution in [-0.2, 0) is 22.6 Å². The van der Waals surface area contributed by atoms with Crippen LogP contribution in [-0.4, -0.2) is 35.4 Å². The summed E-state index contributed by atoms with van der Waals surface area (Å²) in [6.07, 6.45) is 0.297. The van der Waals surface area contributed by atoms with Crippen molar-refractivity contribution < 1.29 is 24.2 Å². The first-order chi connectivity index (χ1) is 18.3. The van der Waals surface area contributed by atoms with E-state index in [1.165, 1.54) is 0 Å². The molecule has 7 N–H and O–H groups in total. The summed E-state index contributed by atoms with van der Waals surface area (Å²) < 4.78 is 6.07. The Labute approximate surface area is 219 Å². The number of rotatable bonds is 10. The molecule has 0 bridgehead atoms. The molecule has 0 aromatic heterocycles. The van der Waals surface area contributed by atoms with E-state index >= 15 is 0 Å². The molecule has 0 saturated carbocycles. The maximum absolute atomic E-state index is 12.8. The Kier molecular flexibility index (Phi) is 8.20. The molecule has 194 valence electrons. The molecule has 0 saturated heterocycles. The fraction of sp³-hybridized carbons (Fsp3) is 0.138. The molecule has 0 aliphatic rings. The fourth-order valence-corrected chi connectivity index (χ4v) is 3.91. The normalized spacial score (nSPS) is 11.5. The SMILES string of the molecule is NC(=O)CNC(=O)c1cc2ccccc2cc1OCc1ccccc1NC(=O)[C@@H](N)Cc1ccc(O)cc1. The van der Waals surface area contributed by atoms with E-state index in [9.17, 15) is 19.5 Å². The Hall–Kier alpha value is -4.89. The molecule has 0 unspecified atom stereocenters. The number of nitrogens with two attached hydrogens (primary N) is 2. The molecule has 1 atom stereocenters. The van der Waals surface area contributed by atoms with Gasteiger partial charge in [0, 0.05) is 11.3 Å². The van der Waals surface area contributed by atoms with Crippen molar-refractivity contribution in [2.24, 2.45) is 11.5 Å². The average molecular weight is 513 g/mol. The molecule has 0 aliphatic heterocycles. The zero-order valence-corrected chi connectivity index (χ0v) is 20.5. The van der Waals surface area contributed by atoms with Crippen LogP contribution in [0.1, 0.15) is 21.5 Å². The van der Waals surface area contributed by atoms with Crippen molar-refractivity contribution in [2.75, 3.05) is 11.9 Å². The van der Waals surface area contributed by atoms with Gasteiger partial charge in [-0.05, 0) is 53.1 Å². The van der Waals surface area contributed by atoms with Gasteiger partial charge in [0.25, 0.3) is 5.91 Å². The number of nitrogens with one attached hydrogen (secondary N) is 2. The number of hydrogen-bond donors (Lipinski definition) is 5. The van der Waals surface area contributed by atoms with Crippen LogP contribution in [0.2, 0.25) is 0 Å². The predicted octanol–water partition coefficient (Wildman–Crippen LogP) is 2.85. The van der Waals surface area contributed by atoms with Crippen LogP contribution in [0, 0.1) is 0 Å². The second-order valence-corrected chi connectivity index (χ2v) is 8.76. The largest absolute Gasteiger partial charge is 0.508 e. The lowest BCUT2D eigenvalue weighted by Crippen LogP contribution is -2.37. The van der Waals surface area contributed by atoms with E-state index in [1.807, 2.05) is 30.3 Å². The van der Waals surface area contributed by atoms with Gasteiger partial charge in [-0.3, -0.25) is 14.4 Å². The number of amides is 3. The van der Waals surface area contributed by atoms with Crippen LogP contribution in [0.15, 0.2) is 84.9 Å². The number of aromatic hydroxyl groups is 1. The van der Waals surface area contributed by atoms with Crippen molar-refractivity contribution >= 4 is 34.2 Å². The van der Waals surface area contributed by atoms with Gasteiger partial charge in [0.1, 0.15) is 18.1 Å². The number of hydrogen-bond acceptors (Lipinski definition) is 6. The summed E-state index contributed by atoms with van der Waals surface area (Å²) in [5.74, 6) is -1.07. The smallest absolute Gasteiger partial charge is 0.255 e. The van der Waals surface area contributed by atoms with E-state index in [-0.39, 0.29) is 30.4 Å². The van der Waals surface area contributed by atoms with E-state index < -0.39 is 17.9 Å². The predicted molar refractivity (Wildman–Crippen MR) is 145 cm³/mol. The molecular weight excluding hydrogens is 484 g/mol. The molecule has 9 heteroatoms. The maximum Gasteiger partial charge on any atom is 0.255 e. The molecule has 0 heterocycles. The highest BCUT2D eigenvalue weighted by atomic mass is 16.5. The van der Waals surface area contributed by atoms with E-state index in [0.717, 1.165) is 16.3 Å². The van der Waals surface area contributed by atoms with Crippen molar-refractivity contribution in [1.82, 2.24) is 5.32 Å². The Morgan fingerprint density at radius 1 is 0.895 bits per heavy atom. The third-order valence-corrected chi connectivity index (χ3v) is 5.90. The molecule has 4 aromatic carbocycles. The Morgan fingerprint density at radius 3 is 2.26 bits per heavy atom. The topological polar surface area (TPSA) is 157 Å². The van der Waals surface area contributed by atoms with Gasteiger partial charge in [-0.2, -0.15) is 0 Å². The van der Waals surface area contributed by atoms with Crippen molar-refractivity contribution in [1.29, 1.82) is 0 Å². The van der Waals surface area contributed by atoms with Gasteiger partial charge in [-0.25, -0.2) is 0 Å². The van der Waals surface area contributed by atoms with Gasteiger partial charge in [-0.15, -0.1) is 0 Å². The number of carbonyl (C=O) groups is 3. The minimum Gasteiger partial charge on any atom is -0.508 e. The number of phenols is 1. The summed E-state index contributed by atoms with van der Waals surface area (Å²) in [4.78, 5) is 36.8. The van der Waals surface area contributed by atoms with Gasteiger partial charge < -0.3 is 31.9 Å². The molecular formula is C29H28N4O5. The fourth-order valence-electron chi connectivity index (χ4n) is 3.91. The second-order valence-electron chi connectivity index (χ2n) is 8.76. The zero-order valence-electron chi connectivity index (χ0n) is 20.5. The minimum atomic E-state index is -0.811. The molecule has 9 nitrogen and oxygen atoms in total. The van der Waals surface area contributed by atoms with Crippen molar-refractivity contribution in [3.63, 3.8) is 0 Å². The van der Waals surface area contributed by atoms with Gasteiger partial charge in [0.2, 0.25) is 11.8 Å². The molecule has 0 aliphatic carbocycles. The first-order valence-corrected chi connectivity index (χ1v) is 11.9. The Bertz CT molecular complexity index is 1470. The number of carbonyl (C=O) groups excluding carboxylic acids is 3. The lowest BCUT2D eigenvalue weighted by Gasteiger charge is -2.17. The zero-order chi connectivity index (χ0) is 27.1. The second kappa shape index (κ2) is 11.9. The van der Waals surface area contributed by atoms with Crippen LogP contribution < -0.4 is 26.8 Å². The number of primary amides is 1. The van der Waals surface area contributed by atoms with Crippen LogP contribution in [0.5, 0.6) is 11.5 Å². The van der Waals surface area contributed by atoms with Crippen molar-refractivity contribution in [2.45, 2.75) is 19.1 Å². The highest BCUT2D eigenvalue weighted by Gasteiger charge is 2.18. The highest BCUT2D eigenvalue weighted by molar-refractivity contribution is 6.02. The quantitative estimate of drug-likeness (QED) is 0.220. The lowest BCUT2D eigenvalue weighted by atomic mass is 10.0. The summed E-state index contributed by atoms with van der Waals surface area (Å²) in [5.41, 5.74) is 13.6. The number of phenolic OH excluding ortho intramolecular Hbond substituents is 1. The van der Waals surface area contributed by atoms with Gasteiger partial charge >= 0.3 is 0 Å². The van der Waals surface area contributed by atoms with Crippen LogP contribution in [0.25, 0.3) is 10.8 Å². The molecule has 38 heavy (non-hydrogen) atoms. The number of para-hydroxylation sites is 1. The molecule has 0 fully saturated rings. The average Bonchev–Trinajstić information content (AvgIpc) is 2.91. The van der Waals surface area contributed by atoms with Crippen LogP contribution >= 0.6 is 0 Å². The molecule has 4 aromatic rings. The monoisotopic (exact) mass is 512 g/mol. The maximum atomic E-state index is 12.8. The molecule has 4 rings (SSSR count). The lowest BCUT2D eigenvalue weighted by molar-refractivity contribution is -0.118. The van der Waals surface area contributed by atoms with E-state index in [1.54, 1.807) is 54.6 Å². The van der Waals surface area contributed by atoms with Crippen LogP contribution in [0.3, 0.4) is 0 Å². The van der Waals surface area contributed by atoms with Gasteiger partial charge in [0.15, 0.2) is 0 Å². The molecule has 0 spiro atoms. The third kappa shape index (κ3) is 6.65. The van der Waals surface area contributed by atoms with Gasteiger partial charge in [-0.1, -0.05) is 54.6 Å². The van der Waals surface area contributed by atoms with Crippen molar-refractivity contribution in [3.05, 3.63) is 102 Å². The molecule has 3 amide bonds. The van der Waals surface area contributed by atoms with Crippen molar-refractivity contribution in [3.8, 4) is 11.5 Å².